The molecule has 0 saturated carbocycles. The minimum Gasteiger partial charge on any atom is -0.453 e. The number of carbonyl (C=O) groups is 2. The van der Waals surface area contributed by atoms with E-state index < -0.39 is 6.09 Å². The Kier molecular flexibility index (Phi) is 6.57. The van der Waals surface area contributed by atoms with E-state index in [1.807, 2.05) is 18.2 Å². The SMILES string of the molecule is COC(=O)Nc1ccc(CNC(=O)N(C)Cc2cccc(C#N)c2)cc1. The largest absolute Gasteiger partial charge is 0.453 e. The van der Waals surface area contributed by atoms with E-state index in [9.17, 15) is 9.59 Å². The van der Waals surface area contributed by atoms with Gasteiger partial charge in [0, 0.05) is 25.8 Å². The molecule has 0 aliphatic rings. The van der Waals surface area contributed by atoms with Crippen molar-refractivity contribution in [2.75, 3.05) is 19.5 Å². The number of carbonyl (C=O) groups excluding carboxylic acids is 2. The van der Waals surface area contributed by atoms with E-state index in [0.717, 1.165) is 11.1 Å². The maximum Gasteiger partial charge on any atom is 0.411 e. The maximum absolute atomic E-state index is 12.2. The van der Waals surface area contributed by atoms with Crippen LogP contribution in [0.4, 0.5) is 15.3 Å². The first-order valence-corrected chi connectivity index (χ1v) is 7.93. The zero-order chi connectivity index (χ0) is 18.9. The molecule has 0 atom stereocenters. The van der Waals surface area contributed by atoms with E-state index in [1.165, 1.54) is 7.11 Å². The normalized spacial score (nSPS) is 9.73. The number of hydrogen-bond acceptors (Lipinski definition) is 4. The third kappa shape index (κ3) is 5.53. The van der Waals surface area contributed by atoms with Gasteiger partial charge in [-0.1, -0.05) is 24.3 Å². The van der Waals surface area contributed by atoms with E-state index in [2.05, 4.69) is 21.4 Å². The molecule has 2 rings (SSSR count). The molecule has 0 aliphatic heterocycles. The first kappa shape index (κ1) is 18.8. The number of nitrogens with one attached hydrogen (secondary N) is 2. The van der Waals surface area contributed by atoms with Crippen molar-refractivity contribution in [2.45, 2.75) is 13.1 Å². The van der Waals surface area contributed by atoms with Gasteiger partial charge in [-0.15, -0.1) is 0 Å². The van der Waals surface area contributed by atoms with E-state index in [-0.39, 0.29) is 6.03 Å². The molecule has 3 amide bonds. The van der Waals surface area contributed by atoms with Crippen molar-refractivity contribution in [3.63, 3.8) is 0 Å². The Morgan fingerprint density at radius 1 is 1.15 bits per heavy atom. The van der Waals surface area contributed by atoms with Gasteiger partial charge in [-0.05, 0) is 35.4 Å². The first-order chi connectivity index (χ1) is 12.5. The number of rotatable bonds is 5. The molecule has 0 radical (unpaired) electrons. The number of hydrogen-bond donors (Lipinski definition) is 2. The van der Waals surface area contributed by atoms with E-state index in [0.29, 0.717) is 24.3 Å². The summed E-state index contributed by atoms with van der Waals surface area (Å²) in [7, 11) is 2.99. The van der Waals surface area contributed by atoms with E-state index in [1.54, 1.807) is 42.3 Å². The molecule has 0 unspecified atom stereocenters. The third-order valence-electron chi connectivity index (χ3n) is 3.65. The number of anilines is 1. The van der Waals surface area contributed by atoms with Gasteiger partial charge < -0.3 is 15.0 Å². The Labute approximate surface area is 152 Å². The first-order valence-electron chi connectivity index (χ1n) is 7.93. The van der Waals surface area contributed by atoms with Crippen molar-refractivity contribution in [3.8, 4) is 6.07 Å². The number of nitrogens with zero attached hydrogens (tertiary/aromatic N) is 2. The fourth-order valence-electron chi connectivity index (χ4n) is 2.27. The number of nitriles is 1. The molecule has 134 valence electrons. The van der Waals surface area contributed by atoms with Crippen molar-refractivity contribution in [2.24, 2.45) is 0 Å². The summed E-state index contributed by atoms with van der Waals surface area (Å²) in [5.74, 6) is 0. The highest BCUT2D eigenvalue weighted by molar-refractivity contribution is 5.84. The summed E-state index contributed by atoms with van der Waals surface area (Å²) in [6.45, 7) is 0.767. The highest BCUT2D eigenvalue weighted by atomic mass is 16.5. The van der Waals surface area contributed by atoms with Gasteiger partial charge in [0.15, 0.2) is 0 Å². The summed E-state index contributed by atoms with van der Waals surface area (Å²) >= 11 is 0. The topological polar surface area (TPSA) is 94.5 Å². The van der Waals surface area contributed by atoms with Crippen LogP contribution in [0, 0.1) is 11.3 Å². The van der Waals surface area contributed by atoms with Gasteiger partial charge in [0.2, 0.25) is 0 Å². The van der Waals surface area contributed by atoms with Gasteiger partial charge in [0.05, 0.1) is 18.7 Å². The molecule has 2 aromatic rings. The van der Waals surface area contributed by atoms with Crippen LogP contribution in [0.5, 0.6) is 0 Å². The summed E-state index contributed by atoms with van der Waals surface area (Å²) in [5.41, 5.74) is 2.96. The van der Waals surface area contributed by atoms with Crippen LogP contribution in [-0.4, -0.2) is 31.2 Å². The van der Waals surface area contributed by atoms with Crippen LogP contribution in [0.2, 0.25) is 0 Å². The van der Waals surface area contributed by atoms with Gasteiger partial charge in [-0.3, -0.25) is 5.32 Å². The predicted octanol–water partition coefficient (Wildman–Crippen LogP) is 3.08. The van der Waals surface area contributed by atoms with Crippen molar-refractivity contribution in [3.05, 3.63) is 65.2 Å². The van der Waals surface area contributed by atoms with Gasteiger partial charge in [-0.25, -0.2) is 9.59 Å². The minimum atomic E-state index is -0.534. The van der Waals surface area contributed by atoms with Crippen LogP contribution in [0.15, 0.2) is 48.5 Å². The summed E-state index contributed by atoms with van der Waals surface area (Å²) in [4.78, 5) is 24.9. The molecule has 2 N–H and O–H groups in total. The molecule has 0 bridgehead atoms. The second-order valence-corrected chi connectivity index (χ2v) is 5.64. The lowest BCUT2D eigenvalue weighted by molar-refractivity contribution is 0.187. The molecule has 26 heavy (non-hydrogen) atoms. The average molecular weight is 352 g/mol. The minimum absolute atomic E-state index is 0.218. The highest BCUT2D eigenvalue weighted by Gasteiger charge is 2.09. The molecule has 7 heteroatoms. The molecule has 0 fully saturated rings. The zero-order valence-corrected chi connectivity index (χ0v) is 14.7. The Bertz CT molecular complexity index is 812. The lowest BCUT2D eigenvalue weighted by atomic mass is 10.1. The standard InChI is InChI=1S/C19H20N4O3/c1-23(13-16-5-3-4-15(10-16)11-20)18(24)21-12-14-6-8-17(9-7-14)22-19(25)26-2/h3-10H,12-13H2,1-2H3,(H,21,24)(H,22,25). The lowest BCUT2D eigenvalue weighted by Crippen LogP contribution is -2.36. The number of urea groups is 1. The highest BCUT2D eigenvalue weighted by Crippen LogP contribution is 2.10. The predicted molar refractivity (Wildman–Crippen MR) is 97.3 cm³/mol. The van der Waals surface area contributed by atoms with Crippen molar-refractivity contribution in [1.82, 2.24) is 10.2 Å². The van der Waals surface area contributed by atoms with Crippen LogP contribution < -0.4 is 10.6 Å². The van der Waals surface area contributed by atoms with Gasteiger partial charge in [0.25, 0.3) is 0 Å². The van der Waals surface area contributed by atoms with Crippen LogP contribution in [0.1, 0.15) is 16.7 Å². The van der Waals surface area contributed by atoms with Crippen LogP contribution in [0.3, 0.4) is 0 Å². The number of ether oxygens (including phenoxy) is 1. The molecule has 0 aliphatic carbocycles. The van der Waals surface area contributed by atoms with Crippen molar-refractivity contribution < 1.29 is 14.3 Å². The summed E-state index contributed by atoms with van der Waals surface area (Å²) < 4.78 is 4.52. The maximum atomic E-state index is 12.2. The number of methoxy groups -OCH3 is 1. The monoisotopic (exact) mass is 352 g/mol. The molecule has 2 aromatic carbocycles. The molecular weight excluding hydrogens is 332 g/mol. The van der Waals surface area contributed by atoms with Crippen molar-refractivity contribution >= 4 is 17.8 Å². The Hall–Kier alpha value is -3.53. The van der Waals surface area contributed by atoms with Gasteiger partial charge in [0.1, 0.15) is 0 Å². The quantitative estimate of drug-likeness (QED) is 0.864. The van der Waals surface area contributed by atoms with E-state index in [4.69, 9.17) is 5.26 Å². The second kappa shape index (κ2) is 9.08. The Morgan fingerprint density at radius 3 is 2.54 bits per heavy atom. The Morgan fingerprint density at radius 2 is 1.88 bits per heavy atom. The summed E-state index contributed by atoms with van der Waals surface area (Å²) in [6.07, 6.45) is -0.534. The smallest absolute Gasteiger partial charge is 0.411 e. The molecular formula is C19H20N4O3. The summed E-state index contributed by atoms with van der Waals surface area (Å²) in [5, 5.41) is 14.3. The molecule has 0 heterocycles. The van der Waals surface area contributed by atoms with Gasteiger partial charge >= 0.3 is 12.1 Å². The molecule has 0 aromatic heterocycles. The van der Waals surface area contributed by atoms with Crippen molar-refractivity contribution in [1.29, 1.82) is 5.26 Å². The van der Waals surface area contributed by atoms with Crippen LogP contribution in [0.25, 0.3) is 0 Å². The molecule has 0 spiro atoms. The third-order valence-corrected chi connectivity index (χ3v) is 3.65. The fraction of sp³-hybridized carbons (Fsp3) is 0.211. The molecule has 7 nitrogen and oxygen atoms in total. The summed E-state index contributed by atoms with van der Waals surface area (Å²) in [6, 6.07) is 16.1. The van der Waals surface area contributed by atoms with Gasteiger partial charge in [-0.2, -0.15) is 5.26 Å². The second-order valence-electron chi connectivity index (χ2n) is 5.64. The fourth-order valence-corrected chi connectivity index (χ4v) is 2.27. The number of benzene rings is 2. The Balaban J connectivity index is 1.85. The number of amides is 3. The van der Waals surface area contributed by atoms with Crippen LogP contribution in [-0.2, 0) is 17.8 Å². The zero-order valence-electron chi connectivity index (χ0n) is 14.7. The van der Waals surface area contributed by atoms with E-state index >= 15 is 0 Å². The van der Waals surface area contributed by atoms with Crippen LogP contribution >= 0.6 is 0 Å². The average Bonchev–Trinajstić information content (AvgIpc) is 2.67. The molecule has 0 saturated heterocycles. The lowest BCUT2D eigenvalue weighted by Gasteiger charge is -2.18.